The lowest BCUT2D eigenvalue weighted by atomic mass is 9.81. The lowest BCUT2D eigenvalue weighted by Crippen LogP contribution is -2.74. The van der Waals surface area contributed by atoms with Crippen molar-refractivity contribution in [1.29, 1.82) is 0 Å². The Labute approximate surface area is 378 Å². The van der Waals surface area contributed by atoms with Gasteiger partial charge < -0.3 is 9.80 Å². The third-order valence-corrected chi connectivity index (χ3v) is 18.1. The second-order valence-corrected chi connectivity index (χ2v) is 21.1. The summed E-state index contributed by atoms with van der Waals surface area (Å²) in [5.74, 6) is 0. The first-order valence-electron chi connectivity index (χ1n) is 22.3. The van der Waals surface area contributed by atoms with E-state index in [0.29, 0.717) is 0 Å². The van der Waals surface area contributed by atoms with Gasteiger partial charge in [0.15, 0.2) is 8.07 Å². The molecule has 11 rings (SSSR count). The number of fused-ring (bicyclic) bond motifs is 4. The molecular formula is C61H48N2Si. The van der Waals surface area contributed by atoms with Gasteiger partial charge in [-0.1, -0.05) is 202 Å². The molecular weight excluding hydrogens is 789 g/mol. The summed E-state index contributed by atoms with van der Waals surface area (Å²) in [6.45, 7) is 4.75. The summed E-state index contributed by atoms with van der Waals surface area (Å²) >= 11 is 0. The molecule has 1 aliphatic rings. The predicted molar refractivity (Wildman–Crippen MR) is 274 cm³/mol. The first-order valence-corrected chi connectivity index (χ1v) is 24.3. The summed E-state index contributed by atoms with van der Waals surface area (Å²) in [6.07, 6.45) is 0. The van der Waals surface area contributed by atoms with Crippen molar-refractivity contribution >= 4 is 73.7 Å². The molecule has 64 heavy (non-hydrogen) atoms. The highest BCUT2D eigenvalue weighted by atomic mass is 28.3. The van der Waals surface area contributed by atoms with E-state index in [1.165, 1.54) is 59.5 Å². The minimum Gasteiger partial charge on any atom is -0.310 e. The Balaban J connectivity index is 1.11. The molecule has 0 radical (unpaired) electrons. The van der Waals surface area contributed by atoms with E-state index < -0.39 is 8.07 Å². The summed E-state index contributed by atoms with van der Waals surface area (Å²) in [7, 11) is -2.97. The molecule has 0 bridgehead atoms. The van der Waals surface area contributed by atoms with Crippen molar-refractivity contribution in [2.75, 3.05) is 9.80 Å². The van der Waals surface area contributed by atoms with E-state index in [-0.39, 0.29) is 5.41 Å². The summed E-state index contributed by atoms with van der Waals surface area (Å²) in [6, 6.07) is 94.2. The maximum Gasteiger partial charge on any atom is 0.179 e. The van der Waals surface area contributed by atoms with Gasteiger partial charge in [0, 0.05) is 33.9 Å². The highest BCUT2D eigenvalue weighted by Crippen LogP contribution is 2.54. The van der Waals surface area contributed by atoms with Crippen LogP contribution in [0, 0.1) is 0 Å². The van der Waals surface area contributed by atoms with Crippen molar-refractivity contribution in [1.82, 2.24) is 0 Å². The van der Waals surface area contributed by atoms with Gasteiger partial charge in [-0.05, 0) is 121 Å². The van der Waals surface area contributed by atoms with Crippen molar-refractivity contribution in [3.8, 4) is 11.1 Å². The standard InChI is InChI=1S/C61H48N2Si/c1-61(2)58-35-18-17-33-56(58)57-34-20-36-59(60(57)61)63(48-25-9-4-10-26-48)49-39-41-54(42-40-49)64(52-28-11-5-12-29-52,53-30-13-6-14-31-53)55-32-19-27-50(44-55)62(47-23-7-3-8-24-47)51-38-37-45-21-15-16-22-46(45)43-51/h3-44H,1-2H3. The van der Waals surface area contributed by atoms with Crippen LogP contribution in [0.3, 0.4) is 0 Å². The van der Waals surface area contributed by atoms with Crippen LogP contribution in [0.5, 0.6) is 0 Å². The maximum atomic E-state index is 2.46. The smallest absolute Gasteiger partial charge is 0.179 e. The van der Waals surface area contributed by atoms with Crippen molar-refractivity contribution in [2.45, 2.75) is 19.3 Å². The van der Waals surface area contributed by atoms with E-state index in [1.807, 2.05) is 0 Å². The van der Waals surface area contributed by atoms with Crippen LogP contribution in [0.1, 0.15) is 25.0 Å². The fourth-order valence-corrected chi connectivity index (χ4v) is 15.2. The second-order valence-electron chi connectivity index (χ2n) is 17.3. The summed E-state index contributed by atoms with van der Waals surface area (Å²) in [4.78, 5) is 4.87. The van der Waals surface area contributed by atoms with Crippen LogP contribution in [0.15, 0.2) is 255 Å². The third kappa shape index (κ3) is 6.56. The molecule has 0 amide bonds. The predicted octanol–water partition coefficient (Wildman–Crippen LogP) is 13.5. The molecule has 10 aromatic rings. The van der Waals surface area contributed by atoms with Crippen LogP contribution in [0.25, 0.3) is 21.9 Å². The summed E-state index contributed by atoms with van der Waals surface area (Å²) in [5.41, 5.74) is 12.0. The van der Waals surface area contributed by atoms with Gasteiger partial charge in [0.1, 0.15) is 0 Å². The van der Waals surface area contributed by atoms with Crippen LogP contribution in [-0.4, -0.2) is 8.07 Å². The highest BCUT2D eigenvalue weighted by molar-refractivity contribution is 7.20. The molecule has 2 nitrogen and oxygen atoms in total. The quantitative estimate of drug-likeness (QED) is 0.100. The van der Waals surface area contributed by atoms with E-state index in [2.05, 4.69) is 278 Å². The first-order chi connectivity index (χ1) is 31.5. The molecule has 0 heterocycles. The molecule has 0 spiro atoms. The SMILES string of the molecule is CC1(C)c2ccccc2-c2cccc(N(c3ccccc3)c3ccc([Si](c4ccccc4)(c4ccccc4)c4cccc(N(c5ccccc5)c5ccc6ccccc6c5)c4)cc3)c21. The average Bonchev–Trinajstić information content (AvgIpc) is 3.60. The van der Waals surface area contributed by atoms with Crippen LogP contribution >= 0.6 is 0 Å². The molecule has 306 valence electrons. The van der Waals surface area contributed by atoms with Crippen LogP contribution in [-0.2, 0) is 5.41 Å². The van der Waals surface area contributed by atoms with Crippen LogP contribution in [0.4, 0.5) is 34.1 Å². The minimum atomic E-state index is -2.97. The Hall–Kier alpha value is -7.72. The number of hydrogen-bond acceptors (Lipinski definition) is 2. The largest absolute Gasteiger partial charge is 0.310 e. The molecule has 0 aliphatic heterocycles. The number of para-hydroxylation sites is 2. The van der Waals surface area contributed by atoms with Crippen molar-refractivity contribution in [2.24, 2.45) is 0 Å². The van der Waals surface area contributed by atoms with E-state index in [1.54, 1.807) is 0 Å². The molecule has 3 heteroatoms. The maximum absolute atomic E-state index is 2.97. The van der Waals surface area contributed by atoms with Gasteiger partial charge in [0.2, 0.25) is 0 Å². The molecule has 1 aliphatic carbocycles. The van der Waals surface area contributed by atoms with Gasteiger partial charge in [0.25, 0.3) is 0 Å². The average molecular weight is 837 g/mol. The fraction of sp³-hybridized carbons (Fsp3) is 0.0492. The zero-order chi connectivity index (χ0) is 43.1. The van der Waals surface area contributed by atoms with Gasteiger partial charge >= 0.3 is 0 Å². The zero-order valence-corrected chi connectivity index (χ0v) is 37.1. The van der Waals surface area contributed by atoms with Crippen molar-refractivity contribution in [3.05, 3.63) is 266 Å². The Morgan fingerprint density at radius 2 is 0.766 bits per heavy atom. The Bertz CT molecular complexity index is 3200. The Morgan fingerprint density at radius 3 is 1.44 bits per heavy atom. The lowest BCUT2D eigenvalue weighted by molar-refractivity contribution is 0.661. The van der Waals surface area contributed by atoms with Gasteiger partial charge in [-0.2, -0.15) is 0 Å². The van der Waals surface area contributed by atoms with Crippen molar-refractivity contribution < 1.29 is 0 Å². The number of nitrogens with zero attached hydrogens (tertiary/aromatic N) is 2. The zero-order valence-electron chi connectivity index (χ0n) is 36.1. The Kier molecular flexibility index (Phi) is 9.91. The molecule has 10 aromatic carbocycles. The van der Waals surface area contributed by atoms with Crippen molar-refractivity contribution in [3.63, 3.8) is 0 Å². The number of rotatable bonds is 10. The second kappa shape index (κ2) is 16.2. The number of benzene rings is 10. The monoisotopic (exact) mass is 836 g/mol. The van der Waals surface area contributed by atoms with E-state index in [9.17, 15) is 0 Å². The lowest BCUT2D eigenvalue weighted by Gasteiger charge is -2.36. The third-order valence-electron chi connectivity index (χ3n) is 13.3. The molecule has 0 atom stereocenters. The van der Waals surface area contributed by atoms with Gasteiger partial charge in [-0.25, -0.2) is 0 Å². The van der Waals surface area contributed by atoms with Gasteiger partial charge in [-0.15, -0.1) is 0 Å². The van der Waals surface area contributed by atoms with Crippen LogP contribution in [0.2, 0.25) is 0 Å². The van der Waals surface area contributed by atoms with Gasteiger partial charge in [0.05, 0.1) is 5.69 Å². The van der Waals surface area contributed by atoms with E-state index >= 15 is 0 Å². The summed E-state index contributed by atoms with van der Waals surface area (Å²) < 4.78 is 0. The molecule has 0 aromatic heterocycles. The molecule has 0 saturated heterocycles. The number of anilines is 6. The normalized spacial score (nSPS) is 12.7. The first kappa shape index (κ1) is 39.1. The molecule has 0 unspecified atom stereocenters. The minimum absolute atomic E-state index is 0.177. The summed E-state index contributed by atoms with van der Waals surface area (Å²) in [5, 5.41) is 7.76. The van der Waals surface area contributed by atoms with Gasteiger partial charge in [-0.3, -0.25) is 0 Å². The van der Waals surface area contributed by atoms with E-state index in [0.717, 1.165) is 28.4 Å². The highest BCUT2D eigenvalue weighted by Gasteiger charge is 2.42. The Morgan fingerprint density at radius 1 is 0.312 bits per heavy atom. The fourth-order valence-electron chi connectivity index (χ4n) is 10.5. The number of hydrogen-bond donors (Lipinski definition) is 0. The topological polar surface area (TPSA) is 6.48 Å². The molecule has 0 N–H and O–H groups in total. The molecule has 0 fully saturated rings. The van der Waals surface area contributed by atoms with E-state index in [4.69, 9.17) is 0 Å². The molecule has 0 saturated carbocycles. The van der Waals surface area contributed by atoms with Crippen LogP contribution < -0.4 is 30.5 Å².